The largest absolute Gasteiger partial charge is 0.396 e. The molecule has 0 saturated carbocycles. The van der Waals surface area contributed by atoms with Crippen LogP contribution in [0.1, 0.15) is 54.1 Å². The van der Waals surface area contributed by atoms with Gasteiger partial charge in [-0.2, -0.15) is 0 Å². The van der Waals surface area contributed by atoms with E-state index in [1.165, 1.54) is 6.42 Å². The number of aliphatic hydroxyl groups is 1. The fourth-order valence-corrected chi connectivity index (χ4v) is 3.37. The van der Waals surface area contributed by atoms with Crippen molar-refractivity contribution in [2.75, 3.05) is 13.2 Å². The molecule has 1 saturated heterocycles. The molecule has 2 atom stereocenters. The first-order valence-corrected chi connectivity index (χ1v) is 8.02. The molecule has 2 unspecified atom stereocenters. The summed E-state index contributed by atoms with van der Waals surface area (Å²) in [5.41, 5.74) is 3.02. The zero-order valence-electron chi connectivity index (χ0n) is 13.4. The van der Waals surface area contributed by atoms with Gasteiger partial charge in [0, 0.05) is 18.2 Å². The molecule has 1 heterocycles. The molecule has 1 fully saturated rings. The van der Waals surface area contributed by atoms with Gasteiger partial charge in [0.05, 0.1) is 6.04 Å². The fourth-order valence-electron chi connectivity index (χ4n) is 3.37. The number of piperidine rings is 1. The minimum atomic E-state index is -0.109. The molecule has 0 bridgehead atoms. The van der Waals surface area contributed by atoms with Crippen molar-refractivity contribution < 1.29 is 9.90 Å². The van der Waals surface area contributed by atoms with Crippen LogP contribution in [0.3, 0.4) is 0 Å². The lowest BCUT2D eigenvalue weighted by Gasteiger charge is -2.39. The molecule has 3 heteroatoms. The van der Waals surface area contributed by atoms with Crippen LogP contribution in [-0.2, 0) is 0 Å². The van der Waals surface area contributed by atoms with Gasteiger partial charge in [-0.3, -0.25) is 9.69 Å². The minimum absolute atomic E-state index is 0.109. The molecule has 1 aliphatic heterocycles. The van der Waals surface area contributed by atoms with Crippen LogP contribution in [0.15, 0.2) is 18.2 Å². The smallest absolute Gasteiger partial charge is 0.179 e. The van der Waals surface area contributed by atoms with Crippen LogP contribution in [0.5, 0.6) is 0 Å². The van der Waals surface area contributed by atoms with Gasteiger partial charge in [-0.15, -0.1) is 0 Å². The van der Waals surface area contributed by atoms with Gasteiger partial charge in [-0.25, -0.2) is 0 Å². The van der Waals surface area contributed by atoms with Crippen LogP contribution in [0.4, 0.5) is 0 Å². The van der Waals surface area contributed by atoms with Gasteiger partial charge in [0.2, 0.25) is 0 Å². The highest BCUT2D eigenvalue weighted by Gasteiger charge is 2.30. The van der Waals surface area contributed by atoms with E-state index in [1.807, 2.05) is 39.0 Å². The summed E-state index contributed by atoms with van der Waals surface area (Å²) in [4.78, 5) is 15.2. The maximum Gasteiger partial charge on any atom is 0.179 e. The van der Waals surface area contributed by atoms with E-state index in [9.17, 15) is 9.90 Å². The molecule has 21 heavy (non-hydrogen) atoms. The third-order valence-corrected chi connectivity index (χ3v) is 4.67. The standard InChI is InChI=1S/C18H27NO2/c1-13-7-8-14(2)17(12-13)18(21)15(3)19-10-5-4-6-16(19)9-11-20/h7-8,12,15-16,20H,4-6,9-11H2,1-3H3. The summed E-state index contributed by atoms with van der Waals surface area (Å²) in [6.07, 6.45) is 4.20. The highest BCUT2D eigenvalue weighted by Crippen LogP contribution is 2.24. The Morgan fingerprint density at radius 1 is 1.38 bits per heavy atom. The molecule has 1 aromatic rings. The Kier molecular flexibility index (Phi) is 5.54. The average Bonchev–Trinajstić information content (AvgIpc) is 2.49. The number of aryl methyl sites for hydroxylation is 2. The van der Waals surface area contributed by atoms with E-state index in [-0.39, 0.29) is 18.4 Å². The Labute approximate surface area is 128 Å². The number of ketones is 1. The van der Waals surface area contributed by atoms with Crippen molar-refractivity contribution in [3.8, 4) is 0 Å². The number of benzene rings is 1. The summed E-state index contributed by atoms with van der Waals surface area (Å²) in [5.74, 6) is 0.209. The highest BCUT2D eigenvalue weighted by molar-refractivity contribution is 6.01. The number of Topliss-reactive ketones (excluding diaryl/α,β-unsaturated/α-hetero) is 1. The molecule has 0 spiro atoms. The van der Waals surface area contributed by atoms with Crippen molar-refractivity contribution in [3.63, 3.8) is 0 Å². The fraction of sp³-hybridized carbons (Fsp3) is 0.611. The first-order chi connectivity index (χ1) is 10.0. The predicted octanol–water partition coefficient (Wildman–Crippen LogP) is 3.11. The lowest BCUT2D eigenvalue weighted by Crippen LogP contribution is -2.48. The molecule has 0 amide bonds. The van der Waals surface area contributed by atoms with Gasteiger partial charge in [-0.1, -0.05) is 24.1 Å². The number of hydrogen-bond donors (Lipinski definition) is 1. The molecule has 3 nitrogen and oxygen atoms in total. The second kappa shape index (κ2) is 7.19. The topological polar surface area (TPSA) is 40.5 Å². The number of likely N-dealkylation sites (tertiary alicyclic amines) is 1. The first-order valence-electron chi connectivity index (χ1n) is 8.02. The average molecular weight is 289 g/mol. The molecule has 1 aromatic carbocycles. The Morgan fingerprint density at radius 3 is 2.86 bits per heavy atom. The number of aliphatic hydroxyl groups excluding tert-OH is 1. The van der Waals surface area contributed by atoms with E-state index in [1.54, 1.807) is 0 Å². The Morgan fingerprint density at radius 2 is 2.14 bits per heavy atom. The zero-order chi connectivity index (χ0) is 15.4. The van der Waals surface area contributed by atoms with Crippen molar-refractivity contribution in [2.24, 2.45) is 0 Å². The van der Waals surface area contributed by atoms with E-state index < -0.39 is 0 Å². The van der Waals surface area contributed by atoms with Crippen LogP contribution in [0.25, 0.3) is 0 Å². The second-order valence-electron chi connectivity index (χ2n) is 6.26. The van der Waals surface area contributed by atoms with Crippen LogP contribution in [0, 0.1) is 13.8 Å². The lowest BCUT2D eigenvalue weighted by atomic mass is 9.93. The van der Waals surface area contributed by atoms with E-state index >= 15 is 0 Å². The summed E-state index contributed by atoms with van der Waals surface area (Å²) in [6, 6.07) is 6.30. The van der Waals surface area contributed by atoms with Gasteiger partial charge in [0.1, 0.15) is 0 Å². The number of nitrogens with zero attached hydrogens (tertiary/aromatic N) is 1. The van der Waals surface area contributed by atoms with Crippen LogP contribution in [-0.4, -0.2) is 41.0 Å². The van der Waals surface area contributed by atoms with Crippen molar-refractivity contribution >= 4 is 5.78 Å². The predicted molar refractivity (Wildman–Crippen MR) is 85.8 cm³/mol. The summed E-state index contributed by atoms with van der Waals surface area (Å²) in [6.45, 7) is 7.20. The first kappa shape index (κ1) is 16.2. The minimum Gasteiger partial charge on any atom is -0.396 e. The van der Waals surface area contributed by atoms with Gasteiger partial charge >= 0.3 is 0 Å². The maximum atomic E-state index is 12.9. The van der Waals surface area contributed by atoms with Crippen LogP contribution >= 0.6 is 0 Å². The quantitative estimate of drug-likeness (QED) is 0.847. The molecule has 116 valence electrons. The molecule has 0 aliphatic carbocycles. The molecule has 0 radical (unpaired) electrons. The van der Waals surface area contributed by atoms with Crippen molar-refractivity contribution in [1.29, 1.82) is 0 Å². The Bertz CT molecular complexity index is 496. The van der Waals surface area contributed by atoms with Gasteiger partial charge in [-0.05, 0) is 58.2 Å². The number of hydrogen-bond acceptors (Lipinski definition) is 3. The lowest BCUT2D eigenvalue weighted by molar-refractivity contribution is 0.0603. The third-order valence-electron chi connectivity index (χ3n) is 4.67. The highest BCUT2D eigenvalue weighted by atomic mass is 16.3. The normalized spacial score (nSPS) is 21.2. The van der Waals surface area contributed by atoms with E-state index in [0.29, 0.717) is 6.04 Å². The van der Waals surface area contributed by atoms with Crippen molar-refractivity contribution in [3.05, 3.63) is 34.9 Å². The summed E-state index contributed by atoms with van der Waals surface area (Å²) >= 11 is 0. The molecule has 1 N–H and O–H groups in total. The molecule has 0 aromatic heterocycles. The van der Waals surface area contributed by atoms with Crippen molar-refractivity contribution in [2.45, 2.75) is 58.5 Å². The molecule has 2 rings (SSSR count). The van der Waals surface area contributed by atoms with Gasteiger partial charge in [0.25, 0.3) is 0 Å². The summed E-state index contributed by atoms with van der Waals surface area (Å²) in [7, 11) is 0. The summed E-state index contributed by atoms with van der Waals surface area (Å²) < 4.78 is 0. The SMILES string of the molecule is Cc1ccc(C)c(C(=O)C(C)N2CCCCC2CCO)c1. The molecular weight excluding hydrogens is 262 g/mol. The molecular formula is C18H27NO2. The van der Waals surface area contributed by atoms with Crippen LogP contribution in [0.2, 0.25) is 0 Å². The Balaban J connectivity index is 2.19. The molecule has 1 aliphatic rings. The van der Waals surface area contributed by atoms with E-state index in [2.05, 4.69) is 4.90 Å². The monoisotopic (exact) mass is 289 g/mol. The van der Waals surface area contributed by atoms with Gasteiger partial charge < -0.3 is 5.11 Å². The van der Waals surface area contributed by atoms with E-state index in [0.717, 1.165) is 42.5 Å². The number of carbonyl (C=O) groups is 1. The van der Waals surface area contributed by atoms with Crippen LogP contribution < -0.4 is 0 Å². The number of rotatable bonds is 5. The zero-order valence-corrected chi connectivity index (χ0v) is 13.4. The Hall–Kier alpha value is -1.19. The third kappa shape index (κ3) is 3.72. The summed E-state index contributed by atoms with van der Waals surface area (Å²) in [5, 5.41) is 9.24. The van der Waals surface area contributed by atoms with Crippen molar-refractivity contribution in [1.82, 2.24) is 4.90 Å². The maximum absolute atomic E-state index is 12.9. The second-order valence-corrected chi connectivity index (χ2v) is 6.26. The van der Waals surface area contributed by atoms with Gasteiger partial charge in [0.15, 0.2) is 5.78 Å². The van der Waals surface area contributed by atoms with E-state index in [4.69, 9.17) is 0 Å². The number of carbonyl (C=O) groups excluding carboxylic acids is 1.